The Kier molecular flexibility index (Phi) is 6.84. The van der Waals surface area contributed by atoms with Crippen molar-refractivity contribution >= 4 is 29.7 Å². The summed E-state index contributed by atoms with van der Waals surface area (Å²) in [5.74, 6) is -0.263. The van der Waals surface area contributed by atoms with Gasteiger partial charge in [-0.25, -0.2) is 4.79 Å². The van der Waals surface area contributed by atoms with Crippen LogP contribution >= 0.6 is 7.14 Å². The molecule has 0 spiro atoms. The Bertz CT molecular complexity index is 1330. The molecular formula is C30H25O5P. The van der Waals surface area contributed by atoms with E-state index < -0.39 is 31.2 Å². The molecule has 6 heteroatoms. The van der Waals surface area contributed by atoms with Crippen molar-refractivity contribution in [1.82, 2.24) is 0 Å². The summed E-state index contributed by atoms with van der Waals surface area (Å²) < 4.78 is 26.3. The summed E-state index contributed by atoms with van der Waals surface area (Å²) >= 11 is 0. The van der Waals surface area contributed by atoms with Crippen LogP contribution in [-0.2, 0) is 14.0 Å². The predicted molar refractivity (Wildman–Crippen MR) is 139 cm³/mol. The SMILES string of the molecule is O=C1O[C@H](c2ccccc2)[C@@H](CC(C(=O)c2ccccc2)P(=O)(c2ccccc2)c2ccccc2)O1. The van der Waals surface area contributed by atoms with Gasteiger partial charge in [-0.05, 0) is 5.56 Å². The molecule has 180 valence electrons. The van der Waals surface area contributed by atoms with Crippen molar-refractivity contribution in [2.75, 3.05) is 0 Å². The van der Waals surface area contributed by atoms with Crippen LogP contribution in [0.3, 0.4) is 0 Å². The minimum atomic E-state index is -3.54. The molecule has 4 aromatic rings. The highest BCUT2D eigenvalue weighted by Crippen LogP contribution is 2.53. The molecule has 1 saturated heterocycles. The van der Waals surface area contributed by atoms with E-state index in [1.165, 1.54) is 0 Å². The van der Waals surface area contributed by atoms with E-state index in [0.717, 1.165) is 5.56 Å². The Labute approximate surface area is 210 Å². The molecule has 3 atom stereocenters. The molecule has 4 aromatic carbocycles. The fraction of sp³-hybridized carbons (Fsp3) is 0.133. The average molecular weight is 496 g/mol. The standard InChI is InChI=1S/C30H25O5P/c31-28(22-13-5-1-6-14-22)27(21-26-29(35-30(32)34-26)23-15-7-2-8-16-23)36(33,24-17-9-3-10-18-24)25-19-11-4-12-20-25/h1-20,26-27,29H,21H2/t26-,27?,29-/m1/s1. The molecule has 1 unspecified atom stereocenters. The van der Waals surface area contributed by atoms with E-state index in [-0.39, 0.29) is 12.2 Å². The number of Topliss-reactive ketones (excluding diaryl/α,β-unsaturated/α-hetero) is 1. The molecule has 1 heterocycles. The molecule has 0 N–H and O–H groups in total. The second kappa shape index (κ2) is 10.3. The summed E-state index contributed by atoms with van der Waals surface area (Å²) in [4.78, 5) is 26.3. The van der Waals surface area contributed by atoms with Crippen molar-refractivity contribution in [2.45, 2.75) is 24.3 Å². The molecule has 0 saturated carbocycles. The van der Waals surface area contributed by atoms with Gasteiger partial charge in [0.05, 0.1) is 5.66 Å². The van der Waals surface area contributed by atoms with E-state index in [1.54, 1.807) is 48.5 Å². The fourth-order valence-corrected chi connectivity index (χ4v) is 7.97. The number of carbonyl (C=O) groups is 2. The van der Waals surface area contributed by atoms with Gasteiger partial charge in [-0.3, -0.25) is 4.79 Å². The van der Waals surface area contributed by atoms with Gasteiger partial charge in [-0.1, -0.05) is 121 Å². The van der Waals surface area contributed by atoms with Crippen molar-refractivity contribution < 1.29 is 23.6 Å². The first-order valence-corrected chi connectivity index (χ1v) is 13.6. The van der Waals surface area contributed by atoms with E-state index >= 15 is 4.57 Å². The van der Waals surface area contributed by atoms with E-state index in [9.17, 15) is 9.59 Å². The Morgan fingerprint density at radius 3 is 1.69 bits per heavy atom. The summed E-state index contributed by atoms with van der Waals surface area (Å²) in [5.41, 5.74) is 0.236. The van der Waals surface area contributed by atoms with E-state index in [2.05, 4.69) is 0 Å². The Morgan fingerprint density at radius 2 is 1.17 bits per heavy atom. The van der Waals surface area contributed by atoms with Crippen LogP contribution in [0.4, 0.5) is 4.79 Å². The predicted octanol–water partition coefficient (Wildman–Crippen LogP) is 5.92. The summed E-state index contributed by atoms with van der Waals surface area (Å²) in [7, 11) is -3.54. The Balaban J connectivity index is 1.64. The molecule has 5 nitrogen and oxygen atoms in total. The summed E-state index contributed by atoms with van der Waals surface area (Å²) in [5, 5.41) is 1.15. The van der Waals surface area contributed by atoms with Crippen molar-refractivity contribution in [3.63, 3.8) is 0 Å². The molecule has 36 heavy (non-hydrogen) atoms. The number of hydrogen-bond acceptors (Lipinski definition) is 5. The summed E-state index contributed by atoms with van der Waals surface area (Å²) in [6.45, 7) is 0. The van der Waals surface area contributed by atoms with Gasteiger partial charge in [0.1, 0.15) is 6.10 Å². The number of rotatable bonds is 8. The molecule has 0 radical (unpaired) electrons. The highest BCUT2D eigenvalue weighted by atomic mass is 31.2. The zero-order valence-corrected chi connectivity index (χ0v) is 20.4. The fourth-order valence-electron chi connectivity index (χ4n) is 4.73. The van der Waals surface area contributed by atoms with Crippen LogP contribution in [0.2, 0.25) is 0 Å². The van der Waals surface area contributed by atoms with Crippen molar-refractivity contribution in [3.05, 3.63) is 132 Å². The van der Waals surface area contributed by atoms with Crippen LogP contribution < -0.4 is 10.6 Å². The number of hydrogen-bond donors (Lipinski definition) is 0. The first-order valence-electron chi connectivity index (χ1n) is 11.8. The monoisotopic (exact) mass is 496 g/mol. The van der Waals surface area contributed by atoms with Crippen LogP contribution in [0.25, 0.3) is 0 Å². The van der Waals surface area contributed by atoms with Crippen LogP contribution in [0.5, 0.6) is 0 Å². The minimum absolute atomic E-state index is 0.0418. The zero-order valence-electron chi connectivity index (χ0n) is 19.5. The quantitative estimate of drug-likeness (QED) is 0.172. The smallest absolute Gasteiger partial charge is 0.427 e. The molecule has 0 bridgehead atoms. The van der Waals surface area contributed by atoms with E-state index in [1.807, 2.05) is 72.8 Å². The van der Waals surface area contributed by atoms with Crippen LogP contribution in [0.15, 0.2) is 121 Å². The van der Waals surface area contributed by atoms with Gasteiger partial charge >= 0.3 is 6.16 Å². The number of carbonyl (C=O) groups excluding carboxylic acids is 2. The van der Waals surface area contributed by atoms with Crippen LogP contribution in [0, 0.1) is 0 Å². The first kappa shape index (κ1) is 23.8. The third kappa shape index (κ3) is 4.62. The molecule has 5 rings (SSSR count). The maximum Gasteiger partial charge on any atom is 0.509 e. The normalized spacial score (nSPS) is 18.2. The second-order valence-corrected chi connectivity index (χ2v) is 11.6. The maximum atomic E-state index is 15.2. The average Bonchev–Trinajstić information content (AvgIpc) is 3.33. The van der Waals surface area contributed by atoms with Gasteiger partial charge in [0.2, 0.25) is 0 Å². The maximum absolute atomic E-state index is 15.2. The lowest BCUT2D eigenvalue weighted by atomic mass is 9.97. The van der Waals surface area contributed by atoms with Gasteiger partial charge in [0, 0.05) is 22.6 Å². The summed E-state index contributed by atoms with van der Waals surface area (Å²) in [6, 6.07) is 36.3. The highest BCUT2D eigenvalue weighted by Gasteiger charge is 2.47. The third-order valence-corrected chi connectivity index (χ3v) is 9.93. The van der Waals surface area contributed by atoms with E-state index in [4.69, 9.17) is 9.47 Å². The lowest BCUT2D eigenvalue weighted by molar-refractivity contribution is 0.0928. The third-order valence-electron chi connectivity index (χ3n) is 6.47. The van der Waals surface area contributed by atoms with Gasteiger partial charge in [0.15, 0.2) is 19.0 Å². The minimum Gasteiger partial charge on any atom is -0.427 e. The van der Waals surface area contributed by atoms with Crippen molar-refractivity contribution in [1.29, 1.82) is 0 Å². The highest BCUT2D eigenvalue weighted by molar-refractivity contribution is 7.80. The number of cyclic esters (lactones) is 2. The molecule has 1 aliphatic heterocycles. The lowest BCUT2D eigenvalue weighted by Gasteiger charge is -2.30. The van der Waals surface area contributed by atoms with Gasteiger partial charge < -0.3 is 14.0 Å². The first-order chi connectivity index (χ1) is 17.6. The van der Waals surface area contributed by atoms with Crippen molar-refractivity contribution in [3.8, 4) is 0 Å². The Morgan fingerprint density at radius 1 is 0.694 bits per heavy atom. The van der Waals surface area contributed by atoms with Crippen LogP contribution in [-0.4, -0.2) is 23.7 Å². The molecule has 1 aliphatic rings. The molecule has 1 fully saturated rings. The van der Waals surface area contributed by atoms with Gasteiger partial charge in [0.25, 0.3) is 0 Å². The summed E-state index contributed by atoms with van der Waals surface area (Å²) in [6.07, 6.45) is -2.24. The van der Waals surface area contributed by atoms with Crippen molar-refractivity contribution in [2.24, 2.45) is 0 Å². The van der Waals surface area contributed by atoms with E-state index in [0.29, 0.717) is 16.2 Å². The van der Waals surface area contributed by atoms with Gasteiger partial charge in [-0.2, -0.15) is 0 Å². The Hall–Kier alpha value is -3.95. The second-order valence-electron chi connectivity index (χ2n) is 8.67. The number of ether oxygens (including phenoxy) is 2. The molecule has 0 aliphatic carbocycles. The molecule has 0 aromatic heterocycles. The topological polar surface area (TPSA) is 69.7 Å². The van der Waals surface area contributed by atoms with Gasteiger partial charge in [-0.15, -0.1) is 0 Å². The molecular weight excluding hydrogens is 471 g/mol. The number of benzene rings is 4. The van der Waals surface area contributed by atoms with Crippen LogP contribution in [0.1, 0.15) is 28.4 Å². The lowest BCUT2D eigenvalue weighted by Crippen LogP contribution is -2.36. The molecule has 0 amide bonds. The zero-order chi connectivity index (χ0) is 25.0. The number of ketones is 1. The largest absolute Gasteiger partial charge is 0.509 e.